The average molecular weight is 430 g/mol. The largest absolute Gasteiger partial charge is 0.470 e. The monoisotopic (exact) mass is 430 g/mol. The maximum absolute atomic E-state index is 12.6. The van der Waals surface area contributed by atoms with Crippen molar-refractivity contribution in [2.24, 2.45) is 0 Å². The molecular weight excluding hydrogens is 429 g/mol. The van der Waals surface area contributed by atoms with Crippen LogP contribution in [0.5, 0.6) is 0 Å². The molecule has 0 aliphatic rings. The molecule has 0 bridgehead atoms. The quantitative estimate of drug-likeness (QED) is 0.542. The van der Waals surface area contributed by atoms with Gasteiger partial charge in [-0.15, -0.1) is 0 Å². The van der Waals surface area contributed by atoms with Gasteiger partial charge in [0.2, 0.25) is 0 Å². The summed E-state index contributed by atoms with van der Waals surface area (Å²) < 4.78 is 175. The summed E-state index contributed by atoms with van der Waals surface area (Å²) in [6.45, 7) is 0. The van der Waals surface area contributed by atoms with Gasteiger partial charge < -0.3 is 4.89 Å². The summed E-state index contributed by atoms with van der Waals surface area (Å²) in [7, 11) is -16.6. The Bertz CT molecular complexity index is 668. The van der Waals surface area contributed by atoms with E-state index in [0.29, 0.717) is 0 Å². The van der Waals surface area contributed by atoms with Gasteiger partial charge in [-0.2, -0.15) is 43.9 Å². The minimum atomic E-state index is -8.53. The standard InChI is InChI=1S/C4HF10O6PS2/c5-1(6,7)3(11,12)22(17,18)21(15,16)23(19,20)4(13,14)2(8,9)10/h(H,15,16). The lowest BCUT2D eigenvalue weighted by Gasteiger charge is -2.25. The van der Waals surface area contributed by atoms with Crippen LogP contribution >= 0.6 is 5.77 Å². The molecule has 0 radical (unpaired) electrons. The van der Waals surface area contributed by atoms with Crippen LogP contribution in [0, 0.1) is 0 Å². The molecule has 0 atom stereocenters. The van der Waals surface area contributed by atoms with Crippen LogP contribution in [0.25, 0.3) is 0 Å². The maximum atomic E-state index is 12.6. The molecule has 0 amide bonds. The van der Waals surface area contributed by atoms with Crippen LogP contribution in [-0.2, 0) is 23.5 Å². The minimum Gasteiger partial charge on any atom is -0.323 e. The number of hydrogen-bond acceptors (Lipinski definition) is 5. The third-order valence-corrected chi connectivity index (χ3v) is 13.4. The highest BCUT2D eigenvalue weighted by Gasteiger charge is 2.81. The summed E-state index contributed by atoms with van der Waals surface area (Å²) >= 11 is 0. The molecular formula is C4HF10O6PS2. The summed E-state index contributed by atoms with van der Waals surface area (Å²) in [5, 5.41) is -14.8. The van der Waals surface area contributed by atoms with Crippen molar-refractivity contribution in [3.63, 3.8) is 0 Å². The van der Waals surface area contributed by atoms with Gasteiger partial charge in [0.15, 0.2) is 0 Å². The van der Waals surface area contributed by atoms with Crippen LogP contribution in [-0.4, -0.2) is 44.6 Å². The zero-order valence-corrected chi connectivity index (χ0v) is 12.1. The van der Waals surface area contributed by atoms with Crippen molar-refractivity contribution >= 4 is 24.7 Å². The van der Waals surface area contributed by atoms with Gasteiger partial charge in [0, 0.05) is 0 Å². The molecule has 0 unspecified atom stereocenters. The first-order valence-electron chi connectivity index (χ1n) is 4.21. The molecule has 0 heterocycles. The van der Waals surface area contributed by atoms with E-state index < -0.39 is 47.5 Å². The second kappa shape index (κ2) is 5.19. The first-order chi connectivity index (χ1) is 9.50. The molecule has 0 aliphatic heterocycles. The van der Waals surface area contributed by atoms with Crippen LogP contribution < -0.4 is 0 Å². The first kappa shape index (κ1) is 22.4. The van der Waals surface area contributed by atoms with Gasteiger partial charge in [-0.05, 0) is 0 Å². The van der Waals surface area contributed by atoms with Crippen LogP contribution in [0.3, 0.4) is 0 Å². The van der Waals surface area contributed by atoms with Crippen molar-refractivity contribution in [2.45, 2.75) is 22.9 Å². The second-order valence-corrected chi connectivity index (χ2v) is 13.9. The molecule has 0 fully saturated rings. The predicted octanol–water partition coefficient (Wildman–Crippen LogP) is 2.23. The summed E-state index contributed by atoms with van der Waals surface area (Å²) in [5.74, 6) is -8.53. The van der Waals surface area contributed by atoms with Crippen molar-refractivity contribution in [1.29, 1.82) is 0 Å². The fraction of sp³-hybridized carbons (Fsp3) is 1.00. The Hall–Kier alpha value is -0.610. The van der Waals surface area contributed by atoms with Gasteiger partial charge in [-0.3, -0.25) is 4.57 Å². The van der Waals surface area contributed by atoms with Crippen molar-refractivity contribution in [3.8, 4) is 0 Å². The summed E-state index contributed by atoms with van der Waals surface area (Å²) in [5.41, 5.74) is 0. The van der Waals surface area contributed by atoms with Gasteiger partial charge >= 0.3 is 47.5 Å². The van der Waals surface area contributed by atoms with E-state index >= 15 is 0 Å². The lowest BCUT2D eigenvalue weighted by Crippen LogP contribution is -2.48. The molecule has 19 heteroatoms. The SMILES string of the molecule is O=P(O)(S(=O)(=O)C(F)(F)C(F)(F)F)S(=O)(=O)C(F)(F)C(F)(F)F. The highest BCUT2D eigenvalue weighted by molar-refractivity contribution is 8.83. The molecule has 0 spiro atoms. The van der Waals surface area contributed by atoms with Crippen LogP contribution in [0.15, 0.2) is 0 Å². The summed E-state index contributed by atoms with van der Waals surface area (Å²) in [6, 6.07) is 0. The summed E-state index contributed by atoms with van der Waals surface area (Å²) in [4.78, 5) is 8.39. The minimum absolute atomic E-state index is 7.28. The van der Waals surface area contributed by atoms with Crippen molar-refractivity contribution in [2.75, 3.05) is 0 Å². The number of rotatable bonds is 4. The van der Waals surface area contributed by atoms with E-state index in [4.69, 9.17) is 4.89 Å². The van der Waals surface area contributed by atoms with Crippen LogP contribution in [0.1, 0.15) is 0 Å². The molecule has 0 aromatic heterocycles. The van der Waals surface area contributed by atoms with Crippen molar-refractivity contribution in [3.05, 3.63) is 0 Å². The third-order valence-electron chi connectivity index (χ3n) is 1.92. The lowest BCUT2D eigenvalue weighted by molar-refractivity contribution is -0.241. The van der Waals surface area contributed by atoms with E-state index in [1.54, 1.807) is 0 Å². The molecule has 6 nitrogen and oxygen atoms in total. The molecule has 0 saturated heterocycles. The highest BCUT2D eigenvalue weighted by atomic mass is 33.1. The lowest BCUT2D eigenvalue weighted by atomic mass is 10.7. The smallest absolute Gasteiger partial charge is 0.323 e. The van der Waals surface area contributed by atoms with E-state index in [1.807, 2.05) is 0 Å². The topological polar surface area (TPSA) is 106 Å². The Morgan fingerprint density at radius 3 is 0.913 bits per heavy atom. The highest BCUT2D eigenvalue weighted by Crippen LogP contribution is 2.67. The maximum Gasteiger partial charge on any atom is 0.470 e. The summed E-state index contributed by atoms with van der Waals surface area (Å²) in [6.07, 6.45) is -14.6. The van der Waals surface area contributed by atoms with Gasteiger partial charge in [0.1, 0.15) is 0 Å². The predicted molar refractivity (Wildman–Crippen MR) is 49.7 cm³/mol. The third kappa shape index (κ3) is 2.82. The van der Waals surface area contributed by atoms with Crippen molar-refractivity contribution < 1.29 is 70.2 Å². The molecule has 0 rings (SSSR count). The molecule has 0 aromatic rings. The van der Waals surface area contributed by atoms with E-state index in [0.717, 1.165) is 0 Å². The Balaban J connectivity index is 6.72. The number of alkyl halides is 10. The molecule has 0 saturated carbocycles. The molecule has 23 heavy (non-hydrogen) atoms. The van der Waals surface area contributed by atoms with Crippen LogP contribution in [0.4, 0.5) is 43.9 Å². The molecule has 0 aliphatic carbocycles. The molecule has 140 valence electrons. The van der Waals surface area contributed by atoms with Gasteiger partial charge in [0.05, 0.1) is 0 Å². The molecule has 0 aromatic carbocycles. The normalized spacial score (nSPS) is 16.5. The fourth-order valence-corrected chi connectivity index (χ4v) is 9.28. The fourth-order valence-electron chi connectivity index (χ4n) is 0.711. The average Bonchev–Trinajstić information content (AvgIpc) is 2.24. The number of hydrogen-bond donors (Lipinski definition) is 1. The van der Waals surface area contributed by atoms with E-state index in [1.165, 1.54) is 0 Å². The molecule has 1 N–H and O–H groups in total. The van der Waals surface area contributed by atoms with Crippen LogP contribution in [0.2, 0.25) is 0 Å². The van der Waals surface area contributed by atoms with E-state index in [2.05, 4.69) is 0 Å². The Kier molecular flexibility index (Phi) is 5.05. The zero-order valence-electron chi connectivity index (χ0n) is 9.53. The Morgan fingerprint density at radius 1 is 0.609 bits per heavy atom. The Morgan fingerprint density at radius 2 is 0.783 bits per heavy atom. The van der Waals surface area contributed by atoms with E-state index in [-0.39, 0.29) is 0 Å². The van der Waals surface area contributed by atoms with Gasteiger partial charge in [0.25, 0.3) is 0 Å². The first-order valence-corrected chi connectivity index (χ1v) is 10.0. The van der Waals surface area contributed by atoms with Gasteiger partial charge in [-0.1, -0.05) is 0 Å². The second-order valence-electron chi connectivity index (χ2n) is 3.45. The van der Waals surface area contributed by atoms with Gasteiger partial charge in [-0.25, -0.2) is 16.8 Å². The zero-order chi connectivity index (χ0) is 19.5. The van der Waals surface area contributed by atoms with Crippen molar-refractivity contribution in [1.82, 2.24) is 0 Å². The Labute approximate surface area is 118 Å². The van der Waals surface area contributed by atoms with E-state index in [9.17, 15) is 65.3 Å². The number of halogens is 10.